The summed E-state index contributed by atoms with van der Waals surface area (Å²) < 4.78 is 27.0. The molecule has 0 aliphatic rings. The van der Waals surface area contributed by atoms with Crippen LogP contribution in [0.15, 0.2) is 40.5 Å². The van der Waals surface area contributed by atoms with Crippen LogP contribution in [-0.4, -0.2) is 36.0 Å². The minimum atomic E-state index is -3.57. The third-order valence-electron chi connectivity index (χ3n) is 3.46. The van der Waals surface area contributed by atoms with Gasteiger partial charge in [-0.2, -0.15) is 9.41 Å². The lowest BCUT2D eigenvalue weighted by Gasteiger charge is -2.29. The Hall–Kier alpha value is -1.77. The van der Waals surface area contributed by atoms with Crippen LogP contribution in [0.25, 0.3) is 0 Å². The fraction of sp³-hybridized carbons (Fsp3) is 0.412. The van der Waals surface area contributed by atoms with Gasteiger partial charge in [0, 0.05) is 28.0 Å². The van der Waals surface area contributed by atoms with Crippen LogP contribution in [0.3, 0.4) is 0 Å². The summed E-state index contributed by atoms with van der Waals surface area (Å²) in [6.45, 7) is 9.49. The van der Waals surface area contributed by atoms with Crippen molar-refractivity contribution in [3.63, 3.8) is 0 Å². The van der Waals surface area contributed by atoms with Crippen molar-refractivity contribution >= 4 is 33.4 Å². The van der Waals surface area contributed by atoms with Crippen LogP contribution in [0.5, 0.6) is 0 Å². The lowest BCUT2D eigenvalue weighted by Crippen LogP contribution is -2.41. The molecule has 6 nitrogen and oxygen atoms in total. The van der Waals surface area contributed by atoms with E-state index in [0.717, 1.165) is 4.88 Å². The van der Waals surface area contributed by atoms with Gasteiger partial charge in [0.05, 0.1) is 6.21 Å². The molecule has 0 amide bonds. The number of hydrogen-bond donors (Lipinski definition) is 1. The highest BCUT2D eigenvalue weighted by atomic mass is 32.2. The first kappa shape index (κ1) is 19.6. The van der Waals surface area contributed by atoms with E-state index in [2.05, 4.69) is 15.5 Å². The number of nitrogens with one attached hydrogen (secondary N) is 1. The second-order valence-electron chi connectivity index (χ2n) is 6.22. The van der Waals surface area contributed by atoms with Crippen LogP contribution >= 0.6 is 11.3 Å². The zero-order chi connectivity index (χ0) is 18.6. The van der Waals surface area contributed by atoms with Gasteiger partial charge in [-0.15, -0.1) is 11.3 Å². The number of anilines is 1. The Morgan fingerprint density at radius 3 is 2.32 bits per heavy atom. The van der Waals surface area contributed by atoms with E-state index >= 15 is 0 Å². The second-order valence-corrected chi connectivity index (χ2v) is 9.38. The Morgan fingerprint density at radius 1 is 1.16 bits per heavy atom. The number of aromatic nitrogens is 1. The average Bonchev–Trinajstić information content (AvgIpc) is 2.92. The molecule has 25 heavy (non-hydrogen) atoms. The zero-order valence-corrected chi connectivity index (χ0v) is 16.7. The van der Waals surface area contributed by atoms with Gasteiger partial charge in [-0.25, -0.2) is 13.4 Å². The van der Waals surface area contributed by atoms with E-state index in [1.54, 1.807) is 29.7 Å². The lowest BCUT2D eigenvalue weighted by atomic mass is 10.3. The summed E-state index contributed by atoms with van der Waals surface area (Å²) in [5.74, 6) is 0.490. The van der Waals surface area contributed by atoms with E-state index in [0.29, 0.717) is 5.82 Å². The molecule has 0 spiro atoms. The number of aryl methyl sites for hydroxylation is 1. The molecule has 0 aliphatic heterocycles. The van der Waals surface area contributed by atoms with Crippen molar-refractivity contribution in [3.8, 4) is 0 Å². The number of nitrogens with zero attached hydrogens (tertiary/aromatic N) is 3. The predicted octanol–water partition coefficient (Wildman–Crippen LogP) is 3.71. The zero-order valence-electron chi connectivity index (χ0n) is 15.1. The third kappa shape index (κ3) is 4.87. The van der Waals surface area contributed by atoms with Crippen LogP contribution in [0, 0.1) is 6.92 Å². The summed E-state index contributed by atoms with van der Waals surface area (Å²) in [5.41, 5.74) is 2.81. The summed E-state index contributed by atoms with van der Waals surface area (Å²) in [4.78, 5) is 6.59. The first-order valence-electron chi connectivity index (χ1n) is 8.07. The monoisotopic (exact) mass is 380 g/mol. The van der Waals surface area contributed by atoms with Crippen molar-refractivity contribution in [2.75, 3.05) is 5.43 Å². The highest BCUT2D eigenvalue weighted by Crippen LogP contribution is 2.21. The van der Waals surface area contributed by atoms with E-state index in [-0.39, 0.29) is 17.0 Å². The molecule has 2 aromatic heterocycles. The minimum absolute atomic E-state index is 0.123. The first-order valence-corrected chi connectivity index (χ1v) is 10.3. The fourth-order valence-corrected chi connectivity index (χ4v) is 5.09. The van der Waals surface area contributed by atoms with E-state index < -0.39 is 10.0 Å². The number of hydrazone groups is 1. The van der Waals surface area contributed by atoms with E-state index in [4.69, 9.17) is 0 Å². The van der Waals surface area contributed by atoms with Crippen molar-refractivity contribution in [2.24, 2.45) is 5.10 Å². The SMILES string of the molecule is Cc1ccc(/C=N\Nc2ccc(S(=O)(=O)N(C(C)C)C(C)C)cn2)s1. The van der Waals surface area contributed by atoms with Crippen LogP contribution in [-0.2, 0) is 10.0 Å². The summed E-state index contributed by atoms with van der Waals surface area (Å²) >= 11 is 1.64. The van der Waals surface area contributed by atoms with Gasteiger partial charge in [0.15, 0.2) is 0 Å². The number of hydrogen-bond acceptors (Lipinski definition) is 6. The van der Waals surface area contributed by atoms with Gasteiger partial charge in [-0.3, -0.25) is 5.43 Å². The normalized spacial score (nSPS) is 12.6. The number of pyridine rings is 1. The maximum atomic E-state index is 12.8. The number of sulfonamides is 1. The molecule has 0 aliphatic carbocycles. The molecule has 2 heterocycles. The summed E-state index contributed by atoms with van der Waals surface area (Å²) in [5, 5.41) is 4.12. The van der Waals surface area contributed by atoms with Gasteiger partial charge in [0.2, 0.25) is 10.0 Å². The molecule has 1 N–H and O–H groups in total. The molecule has 8 heteroatoms. The van der Waals surface area contributed by atoms with Crippen molar-refractivity contribution in [1.29, 1.82) is 0 Å². The number of rotatable bonds is 7. The highest BCUT2D eigenvalue weighted by Gasteiger charge is 2.29. The Bertz CT molecular complexity index is 817. The van der Waals surface area contributed by atoms with Crippen LogP contribution < -0.4 is 5.43 Å². The van der Waals surface area contributed by atoms with Crippen LogP contribution in [0.4, 0.5) is 5.82 Å². The standard InChI is InChI=1S/C17H24N4O2S2/c1-12(2)21(13(3)4)25(22,23)16-8-9-17(18-11-16)20-19-10-15-7-6-14(5)24-15/h6-13H,1-5H3,(H,18,20)/b19-10-. The van der Waals surface area contributed by atoms with Gasteiger partial charge < -0.3 is 0 Å². The first-order chi connectivity index (χ1) is 11.7. The molecule has 136 valence electrons. The molecule has 2 aromatic rings. The number of thiophene rings is 1. The molecule has 0 saturated carbocycles. The Labute approximate surface area is 153 Å². The topological polar surface area (TPSA) is 74.7 Å². The lowest BCUT2D eigenvalue weighted by molar-refractivity contribution is 0.302. The van der Waals surface area contributed by atoms with E-state index in [1.165, 1.54) is 15.4 Å². The maximum Gasteiger partial charge on any atom is 0.245 e. The molecule has 0 radical (unpaired) electrons. The molecule has 0 bridgehead atoms. The molecule has 2 rings (SSSR count). The summed E-state index contributed by atoms with van der Waals surface area (Å²) in [6.07, 6.45) is 3.07. The Kier molecular flexibility index (Phi) is 6.31. The fourth-order valence-electron chi connectivity index (χ4n) is 2.56. The third-order valence-corrected chi connectivity index (χ3v) is 6.63. The molecule has 0 aromatic carbocycles. The molecular weight excluding hydrogens is 356 g/mol. The highest BCUT2D eigenvalue weighted by molar-refractivity contribution is 7.89. The largest absolute Gasteiger partial charge is 0.261 e. The van der Waals surface area contributed by atoms with Gasteiger partial charge in [0.25, 0.3) is 0 Å². The van der Waals surface area contributed by atoms with Crippen molar-refractivity contribution < 1.29 is 8.42 Å². The molecular formula is C17H24N4O2S2. The van der Waals surface area contributed by atoms with Gasteiger partial charge in [-0.05, 0) is 58.9 Å². The van der Waals surface area contributed by atoms with Gasteiger partial charge in [-0.1, -0.05) is 0 Å². The molecule has 0 fully saturated rings. The quantitative estimate of drug-likeness (QED) is 0.587. The van der Waals surface area contributed by atoms with Crippen molar-refractivity contribution in [3.05, 3.63) is 40.2 Å². The molecule has 0 saturated heterocycles. The Morgan fingerprint density at radius 2 is 1.84 bits per heavy atom. The second kappa shape index (κ2) is 8.07. The predicted molar refractivity (Wildman–Crippen MR) is 104 cm³/mol. The molecule has 0 unspecified atom stereocenters. The smallest absolute Gasteiger partial charge is 0.245 e. The average molecular weight is 381 g/mol. The summed E-state index contributed by atoms with van der Waals surface area (Å²) in [7, 11) is -3.57. The van der Waals surface area contributed by atoms with Crippen LogP contribution in [0.1, 0.15) is 37.4 Å². The van der Waals surface area contributed by atoms with Gasteiger partial charge >= 0.3 is 0 Å². The van der Waals surface area contributed by atoms with Crippen molar-refractivity contribution in [2.45, 2.75) is 51.6 Å². The summed E-state index contributed by atoms with van der Waals surface area (Å²) in [6, 6.07) is 6.93. The van der Waals surface area contributed by atoms with Crippen LogP contribution in [0.2, 0.25) is 0 Å². The Balaban J connectivity index is 2.12. The van der Waals surface area contributed by atoms with Gasteiger partial charge in [0.1, 0.15) is 10.7 Å². The van der Waals surface area contributed by atoms with Crippen molar-refractivity contribution in [1.82, 2.24) is 9.29 Å². The molecule has 0 atom stereocenters. The maximum absolute atomic E-state index is 12.8. The van der Waals surface area contributed by atoms with E-state index in [1.807, 2.05) is 46.8 Å². The van der Waals surface area contributed by atoms with E-state index in [9.17, 15) is 8.42 Å². The minimum Gasteiger partial charge on any atom is -0.261 e.